The summed E-state index contributed by atoms with van der Waals surface area (Å²) in [6.07, 6.45) is 1.53. The minimum Gasteiger partial charge on any atom is -0.464 e. The number of hydrogen-bond donors (Lipinski definition) is 1. The van der Waals surface area contributed by atoms with E-state index in [-0.39, 0.29) is 17.5 Å². The molecule has 0 aliphatic heterocycles. The zero-order valence-electron chi connectivity index (χ0n) is 9.76. The number of ether oxygens (including phenoxy) is 2. The Hall–Kier alpha value is -2.18. The molecule has 1 heterocycles. The molecule has 0 saturated heterocycles. The van der Waals surface area contributed by atoms with Crippen LogP contribution in [0.4, 0.5) is 10.5 Å². The number of nitrogens with zero attached hydrogens (tertiary/aromatic N) is 2. The Bertz CT molecular complexity index is 420. The van der Waals surface area contributed by atoms with Gasteiger partial charge >= 0.3 is 12.1 Å². The normalized spacial score (nSPS) is 9.88. The van der Waals surface area contributed by atoms with Crippen molar-refractivity contribution in [2.75, 3.05) is 12.4 Å². The lowest BCUT2D eigenvalue weighted by Gasteiger charge is -2.10. The number of carbonyl (C=O) groups is 2. The molecule has 17 heavy (non-hydrogen) atoms. The molecule has 0 unspecified atom stereocenters. The van der Waals surface area contributed by atoms with Crippen LogP contribution in [0.2, 0.25) is 0 Å². The van der Waals surface area contributed by atoms with E-state index in [0.717, 1.165) is 0 Å². The molecule has 0 aromatic carbocycles. The minimum absolute atomic E-state index is 0.0248. The number of nitrogens with one attached hydrogen (secondary N) is 1. The number of carbonyl (C=O) groups excluding carboxylic acids is 2. The Kier molecular flexibility index (Phi) is 4.38. The topological polar surface area (TPSA) is 90.4 Å². The van der Waals surface area contributed by atoms with E-state index in [0.29, 0.717) is 0 Å². The molecule has 1 aromatic heterocycles. The van der Waals surface area contributed by atoms with Crippen LogP contribution < -0.4 is 5.32 Å². The van der Waals surface area contributed by atoms with Crippen molar-refractivity contribution < 1.29 is 19.1 Å². The van der Waals surface area contributed by atoms with E-state index >= 15 is 0 Å². The van der Waals surface area contributed by atoms with Crippen molar-refractivity contribution in [1.29, 1.82) is 0 Å². The predicted molar refractivity (Wildman–Crippen MR) is 58.6 cm³/mol. The first-order valence-electron chi connectivity index (χ1n) is 4.90. The average molecular weight is 239 g/mol. The number of hydrogen-bond acceptors (Lipinski definition) is 6. The van der Waals surface area contributed by atoms with Gasteiger partial charge in [0.15, 0.2) is 5.69 Å². The van der Waals surface area contributed by atoms with Gasteiger partial charge in [-0.05, 0) is 13.8 Å². The summed E-state index contributed by atoms with van der Waals surface area (Å²) in [5.74, 6) is -0.660. The van der Waals surface area contributed by atoms with E-state index < -0.39 is 12.1 Å². The number of aromatic nitrogens is 2. The highest BCUT2D eigenvalue weighted by Gasteiger charge is 2.16. The Morgan fingerprint density at radius 1 is 1.41 bits per heavy atom. The molecule has 0 aliphatic rings. The zero-order valence-corrected chi connectivity index (χ0v) is 9.76. The second kappa shape index (κ2) is 5.78. The van der Waals surface area contributed by atoms with Gasteiger partial charge in [-0.15, -0.1) is 0 Å². The Morgan fingerprint density at radius 3 is 2.71 bits per heavy atom. The minimum atomic E-state index is -0.681. The quantitative estimate of drug-likeness (QED) is 0.797. The maximum absolute atomic E-state index is 11.3. The summed E-state index contributed by atoms with van der Waals surface area (Å²) < 4.78 is 9.38. The molecular weight excluding hydrogens is 226 g/mol. The van der Waals surface area contributed by atoms with Gasteiger partial charge in [0.1, 0.15) is 6.33 Å². The van der Waals surface area contributed by atoms with Crippen molar-refractivity contribution in [2.24, 2.45) is 0 Å². The van der Waals surface area contributed by atoms with Crippen LogP contribution in [-0.4, -0.2) is 35.2 Å². The first kappa shape index (κ1) is 12.9. The molecule has 0 saturated carbocycles. The number of rotatable bonds is 3. The van der Waals surface area contributed by atoms with Gasteiger partial charge in [0.2, 0.25) is 0 Å². The fraction of sp³-hybridized carbons (Fsp3) is 0.400. The fourth-order valence-electron chi connectivity index (χ4n) is 1.03. The Morgan fingerprint density at radius 2 is 2.12 bits per heavy atom. The summed E-state index contributed by atoms with van der Waals surface area (Å²) in [4.78, 5) is 30.1. The molecular formula is C10H13N3O4. The third kappa shape index (κ3) is 3.71. The number of methoxy groups -OCH3 is 1. The molecule has 7 heteroatoms. The maximum atomic E-state index is 11.3. The van der Waals surface area contributed by atoms with Crippen molar-refractivity contribution in [3.05, 3.63) is 18.2 Å². The smallest absolute Gasteiger partial charge is 0.411 e. The van der Waals surface area contributed by atoms with Gasteiger partial charge in [0, 0.05) is 0 Å². The van der Waals surface area contributed by atoms with Crippen LogP contribution in [0, 0.1) is 0 Å². The first-order valence-corrected chi connectivity index (χ1v) is 4.90. The summed E-state index contributed by atoms with van der Waals surface area (Å²) in [5, 5.41) is 2.37. The summed E-state index contributed by atoms with van der Waals surface area (Å²) in [6.45, 7) is 3.42. The molecule has 1 aromatic rings. The molecule has 0 radical (unpaired) electrons. The lowest BCUT2D eigenvalue weighted by molar-refractivity contribution is 0.0595. The number of anilines is 1. The number of esters is 1. The van der Waals surface area contributed by atoms with Crippen molar-refractivity contribution >= 4 is 17.7 Å². The van der Waals surface area contributed by atoms with Crippen LogP contribution in [0.1, 0.15) is 24.3 Å². The molecule has 0 atom stereocenters. The summed E-state index contributed by atoms with van der Waals surface area (Å²) in [7, 11) is 1.22. The first-order chi connectivity index (χ1) is 8.04. The Balaban J connectivity index is 2.83. The molecule has 0 aliphatic carbocycles. The lowest BCUT2D eigenvalue weighted by Crippen LogP contribution is -2.20. The summed E-state index contributed by atoms with van der Waals surface area (Å²) >= 11 is 0. The molecule has 0 bridgehead atoms. The molecule has 1 amide bonds. The van der Waals surface area contributed by atoms with Crippen molar-refractivity contribution in [3.63, 3.8) is 0 Å². The maximum Gasteiger partial charge on any atom is 0.411 e. The fourth-order valence-corrected chi connectivity index (χ4v) is 1.03. The van der Waals surface area contributed by atoms with Gasteiger partial charge in [-0.1, -0.05) is 0 Å². The predicted octanol–water partition coefficient (Wildman–Crippen LogP) is 1.22. The monoisotopic (exact) mass is 239 g/mol. The van der Waals surface area contributed by atoms with Crippen LogP contribution in [0.5, 0.6) is 0 Å². The summed E-state index contributed by atoms with van der Waals surface area (Å²) in [5.41, 5.74) is 0.119. The van der Waals surface area contributed by atoms with Gasteiger partial charge in [-0.3, -0.25) is 5.32 Å². The standard InChI is InChI=1S/C10H13N3O4/c1-6(2)17-10(15)13-7-4-11-5-12-8(7)9(14)16-3/h4-6H,1-3H3,(H,13,15). The van der Waals surface area contributed by atoms with E-state index in [1.54, 1.807) is 13.8 Å². The van der Waals surface area contributed by atoms with Crippen molar-refractivity contribution in [1.82, 2.24) is 9.97 Å². The van der Waals surface area contributed by atoms with Crippen LogP contribution in [0.15, 0.2) is 12.5 Å². The zero-order chi connectivity index (χ0) is 12.8. The van der Waals surface area contributed by atoms with Gasteiger partial charge in [0.25, 0.3) is 0 Å². The highest BCUT2D eigenvalue weighted by molar-refractivity contribution is 5.97. The van der Waals surface area contributed by atoms with Crippen LogP contribution in [0.25, 0.3) is 0 Å². The van der Waals surface area contributed by atoms with Gasteiger partial charge in [-0.2, -0.15) is 0 Å². The van der Waals surface area contributed by atoms with E-state index in [1.165, 1.54) is 19.6 Å². The average Bonchev–Trinajstić information content (AvgIpc) is 2.27. The lowest BCUT2D eigenvalue weighted by atomic mass is 10.3. The van der Waals surface area contributed by atoms with Crippen molar-refractivity contribution in [2.45, 2.75) is 20.0 Å². The molecule has 1 N–H and O–H groups in total. The van der Waals surface area contributed by atoms with E-state index in [2.05, 4.69) is 20.0 Å². The van der Waals surface area contributed by atoms with E-state index in [9.17, 15) is 9.59 Å². The van der Waals surface area contributed by atoms with Crippen LogP contribution >= 0.6 is 0 Å². The second-order valence-corrected chi connectivity index (χ2v) is 3.36. The molecule has 1 rings (SSSR count). The molecule has 0 fully saturated rings. The van der Waals surface area contributed by atoms with Gasteiger partial charge in [-0.25, -0.2) is 19.6 Å². The summed E-state index contributed by atoms with van der Waals surface area (Å²) in [6, 6.07) is 0. The van der Waals surface area contributed by atoms with Crippen LogP contribution in [-0.2, 0) is 9.47 Å². The van der Waals surface area contributed by atoms with E-state index in [1.807, 2.05) is 0 Å². The van der Waals surface area contributed by atoms with Crippen LogP contribution in [0.3, 0.4) is 0 Å². The highest BCUT2D eigenvalue weighted by atomic mass is 16.6. The van der Waals surface area contributed by atoms with Gasteiger partial charge < -0.3 is 9.47 Å². The second-order valence-electron chi connectivity index (χ2n) is 3.36. The third-order valence-corrected chi connectivity index (χ3v) is 1.67. The molecule has 92 valence electrons. The number of amides is 1. The van der Waals surface area contributed by atoms with E-state index in [4.69, 9.17) is 4.74 Å². The van der Waals surface area contributed by atoms with Crippen molar-refractivity contribution in [3.8, 4) is 0 Å². The Labute approximate surface area is 98.2 Å². The highest BCUT2D eigenvalue weighted by Crippen LogP contribution is 2.12. The third-order valence-electron chi connectivity index (χ3n) is 1.67. The largest absolute Gasteiger partial charge is 0.464 e. The molecule has 0 spiro atoms. The van der Waals surface area contributed by atoms with Gasteiger partial charge in [0.05, 0.1) is 25.1 Å². The molecule has 7 nitrogen and oxygen atoms in total. The SMILES string of the molecule is COC(=O)c1ncncc1NC(=O)OC(C)C.